The first-order valence-electron chi connectivity index (χ1n) is 6.84. The van der Waals surface area contributed by atoms with E-state index in [9.17, 15) is 15.3 Å². The van der Waals surface area contributed by atoms with Gasteiger partial charge in [-0.05, 0) is 51.5 Å². The molecule has 106 valence electrons. The highest BCUT2D eigenvalue weighted by molar-refractivity contribution is 5.52. The first kappa shape index (κ1) is 14.0. The molecule has 0 unspecified atom stereocenters. The molecule has 5 heteroatoms. The number of phenols is 3. The van der Waals surface area contributed by atoms with E-state index in [1.807, 2.05) is 0 Å². The van der Waals surface area contributed by atoms with Crippen LogP contribution in [0.1, 0.15) is 24.8 Å². The van der Waals surface area contributed by atoms with Crippen molar-refractivity contribution in [1.82, 2.24) is 10.2 Å². The average molecular weight is 266 g/mol. The number of phenolic OH excluding ortho intramolecular Hbond substituents is 3. The van der Waals surface area contributed by atoms with Crippen LogP contribution in [0.25, 0.3) is 0 Å². The Balaban J connectivity index is 1.69. The van der Waals surface area contributed by atoms with Crippen molar-refractivity contribution in [3.63, 3.8) is 0 Å². The van der Waals surface area contributed by atoms with Crippen molar-refractivity contribution in [2.45, 2.75) is 25.8 Å². The Bertz CT molecular complexity index is 417. The fourth-order valence-electron chi connectivity index (χ4n) is 2.41. The molecule has 19 heavy (non-hydrogen) atoms. The highest BCUT2D eigenvalue weighted by atomic mass is 16.3. The Kier molecular flexibility index (Phi) is 4.87. The zero-order valence-corrected chi connectivity index (χ0v) is 11.1. The van der Waals surface area contributed by atoms with Crippen LogP contribution in [0.3, 0.4) is 0 Å². The van der Waals surface area contributed by atoms with Crippen LogP contribution in [-0.2, 0) is 6.54 Å². The lowest BCUT2D eigenvalue weighted by atomic mass is 10.1. The van der Waals surface area contributed by atoms with Gasteiger partial charge in [-0.2, -0.15) is 0 Å². The van der Waals surface area contributed by atoms with E-state index in [1.165, 1.54) is 32.0 Å². The number of rotatable bonds is 6. The van der Waals surface area contributed by atoms with Gasteiger partial charge in [0.15, 0.2) is 11.5 Å². The molecule has 2 rings (SSSR count). The Morgan fingerprint density at radius 3 is 2.53 bits per heavy atom. The maximum atomic E-state index is 9.65. The lowest BCUT2D eigenvalue weighted by Gasteiger charge is -2.14. The second-order valence-electron chi connectivity index (χ2n) is 5.02. The second-order valence-corrected chi connectivity index (χ2v) is 5.02. The molecular weight excluding hydrogens is 244 g/mol. The van der Waals surface area contributed by atoms with E-state index < -0.39 is 5.75 Å². The molecule has 0 atom stereocenters. The van der Waals surface area contributed by atoms with Crippen LogP contribution in [0, 0.1) is 0 Å². The molecule has 0 aliphatic carbocycles. The van der Waals surface area contributed by atoms with Gasteiger partial charge in [-0.15, -0.1) is 0 Å². The molecule has 1 saturated heterocycles. The zero-order valence-electron chi connectivity index (χ0n) is 11.1. The Morgan fingerprint density at radius 2 is 1.79 bits per heavy atom. The van der Waals surface area contributed by atoms with Crippen LogP contribution in [-0.4, -0.2) is 46.4 Å². The molecule has 0 radical (unpaired) electrons. The monoisotopic (exact) mass is 266 g/mol. The van der Waals surface area contributed by atoms with Crippen molar-refractivity contribution in [1.29, 1.82) is 0 Å². The van der Waals surface area contributed by atoms with Gasteiger partial charge in [-0.25, -0.2) is 0 Å². The molecule has 0 saturated carbocycles. The summed E-state index contributed by atoms with van der Waals surface area (Å²) in [4.78, 5) is 2.46. The van der Waals surface area contributed by atoms with Gasteiger partial charge >= 0.3 is 0 Å². The number of aromatic hydroxyl groups is 3. The summed E-state index contributed by atoms with van der Waals surface area (Å²) in [7, 11) is 0. The maximum Gasteiger partial charge on any atom is 0.200 e. The van der Waals surface area contributed by atoms with E-state index >= 15 is 0 Å². The summed E-state index contributed by atoms with van der Waals surface area (Å²) in [5.41, 5.74) is 0.594. The van der Waals surface area contributed by atoms with Crippen LogP contribution < -0.4 is 5.32 Å². The fourth-order valence-corrected chi connectivity index (χ4v) is 2.41. The fraction of sp³-hybridized carbons (Fsp3) is 0.571. The number of hydrogen-bond acceptors (Lipinski definition) is 5. The van der Waals surface area contributed by atoms with Gasteiger partial charge in [0, 0.05) is 12.1 Å². The predicted molar refractivity (Wildman–Crippen MR) is 73.4 cm³/mol. The van der Waals surface area contributed by atoms with E-state index in [1.54, 1.807) is 6.07 Å². The smallest absolute Gasteiger partial charge is 0.200 e. The quantitative estimate of drug-likeness (QED) is 0.462. The Hall–Kier alpha value is -1.46. The number of benzene rings is 1. The van der Waals surface area contributed by atoms with Gasteiger partial charge in [0.2, 0.25) is 5.75 Å². The summed E-state index contributed by atoms with van der Waals surface area (Å²) in [6.07, 6.45) is 3.70. The van der Waals surface area contributed by atoms with Crippen LogP contribution in [0.5, 0.6) is 17.2 Å². The largest absolute Gasteiger partial charge is 0.504 e. The molecule has 1 aromatic carbocycles. The van der Waals surface area contributed by atoms with Gasteiger partial charge in [-0.1, -0.05) is 6.07 Å². The lowest BCUT2D eigenvalue weighted by molar-refractivity contribution is 0.330. The summed E-state index contributed by atoms with van der Waals surface area (Å²) < 4.78 is 0. The van der Waals surface area contributed by atoms with E-state index in [0.29, 0.717) is 12.1 Å². The van der Waals surface area contributed by atoms with Crippen molar-refractivity contribution >= 4 is 0 Å². The highest BCUT2D eigenvalue weighted by Gasteiger charge is 2.11. The molecule has 1 heterocycles. The molecule has 1 fully saturated rings. The summed E-state index contributed by atoms with van der Waals surface area (Å²) >= 11 is 0. The minimum absolute atomic E-state index is 0.243. The Morgan fingerprint density at radius 1 is 1.05 bits per heavy atom. The maximum absolute atomic E-state index is 9.65. The van der Waals surface area contributed by atoms with E-state index in [-0.39, 0.29) is 11.5 Å². The lowest BCUT2D eigenvalue weighted by Crippen LogP contribution is -2.24. The zero-order chi connectivity index (χ0) is 13.7. The van der Waals surface area contributed by atoms with Crippen molar-refractivity contribution in [3.8, 4) is 17.2 Å². The summed E-state index contributed by atoms with van der Waals surface area (Å²) in [5, 5.41) is 31.5. The average Bonchev–Trinajstić information content (AvgIpc) is 2.91. The molecule has 4 N–H and O–H groups in total. The minimum Gasteiger partial charge on any atom is -0.504 e. The SMILES string of the molecule is Oc1ccc(CNCCCN2CCCC2)c(O)c1O. The normalized spacial score (nSPS) is 16.0. The minimum atomic E-state index is -0.448. The van der Waals surface area contributed by atoms with E-state index in [0.717, 1.165) is 19.5 Å². The third kappa shape index (κ3) is 3.75. The molecule has 1 aliphatic heterocycles. The summed E-state index contributed by atoms with van der Waals surface area (Å²) in [5.74, 6) is -0.987. The molecule has 1 aromatic rings. The van der Waals surface area contributed by atoms with Crippen molar-refractivity contribution in [2.75, 3.05) is 26.2 Å². The molecule has 0 spiro atoms. The number of nitrogens with one attached hydrogen (secondary N) is 1. The third-order valence-electron chi connectivity index (χ3n) is 3.56. The standard InChI is InChI=1S/C14H22N2O3/c17-12-5-4-11(13(18)14(12)19)10-15-6-3-9-16-7-1-2-8-16/h4-5,15,17-19H,1-3,6-10H2. The molecule has 1 aliphatic rings. The summed E-state index contributed by atoms with van der Waals surface area (Å²) in [6.45, 7) is 4.90. The van der Waals surface area contributed by atoms with Crippen molar-refractivity contribution in [2.24, 2.45) is 0 Å². The van der Waals surface area contributed by atoms with Crippen molar-refractivity contribution < 1.29 is 15.3 Å². The molecular formula is C14H22N2O3. The molecule has 0 amide bonds. The first-order valence-corrected chi connectivity index (χ1v) is 6.84. The Labute approximate surface area is 113 Å². The van der Waals surface area contributed by atoms with Gasteiger partial charge in [-0.3, -0.25) is 0 Å². The summed E-state index contributed by atoms with van der Waals surface area (Å²) in [6, 6.07) is 2.99. The first-order chi connectivity index (χ1) is 9.18. The van der Waals surface area contributed by atoms with Crippen LogP contribution in [0.4, 0.5) is 0 Å². The number of hydrogen-bond donors (Lipinski definition) is 4. The highest BCUT2D eigenvalue weighted by Crippen LogP contribution is 2.36. The number of nitrogens with zero attached hydrogens (tertiary/aromatic N) is 1. The predicted octanol–water partition coefficient (Wildman–Crippen LogP) is 1.38. The van der Waals surface area contributed by atoms with Gasteiger partial charge in [0.25, 0.3) is 0 Å². The van der Waals surface area contributed by atoms with Gasteiger partial charge in [0.1, 0.15) is 0 Å². The number of likely N-dealkylation sites (tertiary alicyclic amines) is 1. The van der Waals surface area contributed by atoms with E-state index in [2.05, 4.69) is 10.2 Å². The van der Waals surface area contributed by atoms with Gasteiger partial charge < -0.3 is 25.5 Å². The molecule has 0 aromatic heterocycles. The van der Waals surface area contributed by atoms with Crippen LogP contribution in [0.15, 0.2) is 12.1 Å². The topological polar surface area (TPSA) is 76.0 Å². The third-order valence-corrected chi connectivity index (χ3v) is 3.56. The van der Waals surface area contributed by atoms with Gasteiger partial charge in [0.05, 0.1) is 0 Å². The van der Waals surface area contributed by atoms with E-state index in [4.69, 9.17) is 0 Å². The molecule has 0 bridgehead atoms. The second kappa shape index (κ2) is 6.63. The molecule has 5 nitrogen and oxygen atoms in total. The van der Waals surface area contributed by atoms with Crippen LogP contribution in [0.2, 0.25) is 0 Å². The van der Waals surface area contributed by atoms with Crippen LogP contribution >= 0.6 is 0 Å². The van der Waals surface area contributed by atoms with Crippen molar-refractivity contribution in [3.05, 3.63) is 17.7 Å².